The topological polar surface area (TPSA) is 56.7 Å². The summed E-state index contributed by atoms with van der Waals surface area (Å²) in [4.78, 5) is 0. The zero-order valence-electron chi connectivity index (χ0n) is 13.5. The fraction of sp³-hybridized carbons (Fsp3) is 0.556. The summed E-state index contributed by atoms with van der Waals surface area (Å²) in [6, 6.07) is 6.56. The van der Waals surface area contributed by atoms with Crippen molar-refractivity contribution in [2.75, 3.05) is 0 Å². The highest BCUT2D eigenvalue weighted by Crippen LogP contribution is 2.27. The van der Waals surface area contributed by atoms with E-state index in [4.69, 9.17) is 5.73 Å². The van der Waals surface area contributed by atoms with E-state index in [1.165, 1.54) is 50.7 Å². The van der Waals surface area contributed by atoms with Gasteiger partial charge in [0, 0.05) is 6.54 Å². The minimum atomic E-state index is -0.215. The van der Waals surface area contributed by atoms with E-state index in [1.807, 2.05) is 4.68 Å². The molecule has 1 saturated carbocycles. The number of nitrogens with two attached hydrogens (primary N) is 1. The second-order valence-corrected chi connectivity index (χ2v) is 6.51. The molecule has 124 valence electrons. The predicted molar refractivity (Wildman–Crippen MR) is 88.3 cm³/mol. The Bertz CT molecular complexity index is 614. The molecule has 3 rings (SSSR count). The number of aromatic nitrogens is 3. The van der Waals surface area contributed by atoms with Gasteiger partial charge in [-0.2, -0.15) is 0 Å². The molecule has 1 aliphatic carbocycles. The second kappa shape index (κ2) is 7.68. The lowest BCUT2D eigenvalue weighted by molar-refractivity contribution is 0.336. The number of rotatable bonds is 6. The molecule has 2 N–H and O–H groups in total. The van der Waals surface area contributed by atoms with E-state index in [9.17, 15) is 4.39 Å². The van der Waals surface area contributed by atoms with Crippen molar-refractivity contribution in [1.82, 2.24) is 15.0 Å². The third-order valence-corrected chi connectivity index (χ3v) is 4.87. The van der Waals surface area contributed by atoms with Gasteiger partial charge in [0.2, 0.25) is 0 Å². The van der Waals surface area contributed by atoms with Gasteiger partial charge in [0.15, 0.2) is 0 Å². The van der Waals surface area contributed by atoms with Gasteiger partial charge in [-0.1, -0.05) is 49.5 Å². The third-order valence-electron chi connectivity index (χ3n) is 4.87. The van der Waals surface area contributed by atoms with Crippen molar-refractivity contribution in [3.05, 3.63) is 47.0 Å². The number of halogens is 1. The van der Waals surface area contributed by atoms with E-state index < -0.39 is 0 Å². The quantitative estimate of drug-likeness (QED) is 0.888. The van der Waals surface area contributed by atoms with Gasteiger partial charge in [-0.15, -0.1) is 5.10 Å². The predicted octanol–water partition coefficient (Wildman–Crippen LogP) is 3.44. The second-order valence-electron chi connectivity index (χ2n) is 6.51. The van der Waals surface area contributed by atoms with Crippen molar-refractivity contribution in [2.45, 2.75) is 58.0 Å². The highest BCUT2D eigenvalue weighted by atomic mass is 19.1. The van der Waals surface area contributed by atoms with Crippen LogP contribution < -0.4 is 5.73 Å². The van der Waals surface area contributed by atoms with E-state index in [-0.39, 0.29) is 5.82 Å². The van der Waals surface area contributed by atoms with Crippen LogP contribution in [0.2, 0.25) is 0 Å². The van der Waals surface area contributed by atoms with Gasteiger partial charge in [-0.05, 0) is 36.5 Å². The molecule has 1 heterocycles. The molecule has 1 aliphatic rings. The molecule has 0 amide bonds. The van der Waals surface area contributed by atoms with Crippen molar-refractivity contribution >= 4 is 0 Å². The SMILES string of the molecule is NCc1nnn(Cc2ccc(F)cc2)c1CCC1CCCCC1. The Hall–Kier alpha value is -1.75. The fourth-order valence-corrected chi connectivity index (χ4v) is 3.51. The van der Waals surface area contributed by atoms with Gasteiger partial charge in [-0.25, -0.2) is 9.07 Å². The molecule has 0 radical (unpaired) electrons. The first kappa shape index (κ1) is 16.1. The van der Waals surface area contributed by atoms with E-state index >= 15 is 0 Å². The summed E-state index contributed by atoms with van der Waals surface area (Å²) < 4.78 is 15.0. The Balaban J connectivity index is 1.69. The standard InChI is InChI=1S/C18H25FN4/c19-16-9-6-15(7-10-16)13-23-18(17(12-20)21-22-23)11-8-14-4-2-1-3-5-14/h6-7,9-10,14H,1-5,8,11-13,20H2. The fourth-order valence-electron chi connectivity index (χ4n) is 3.51. The maximum atomic E-state index is 13.0. The van der Waals surface area contributed by atoms with Crippen LogP contribution in [0.4, 0.5) is 4.39 Å². The number of hydrogen-bond donors (Lipinski definition) is 1. The molecule has 1 aromatic heterocycles. The van der Waals surface area contributed by atoms with Crippen molar-refractivity contribution in [1.29, 1.82) is 0 Å². The lowest BCUT2D eigenvalue weighted by Crippen LogP contribution is -2.13. The Labute approximate surface area is 136 Å². The van der Waals surface area contributed by atoms with Crippen molar-refractivity contribution < 1.29 is 4.39 Å². The van der Waals surface area contributed by atoms with E-state index in [1.54, 1.807) is 12.1 Å². The first-order valence-corrected chi connectivity index (χ1v) is 8.62. The molecule has 0 atom stereocenters. The molecule has 0 unspecified atom stereocenters. The molecule has 2 aromatic rings. The summed E-state index contributed by atoms with van der Waals surface area (Å²) in [6.45, 7) is 1.04. The molecular formula is C18H25FN4. The summed E-state index contributed by atoms with van der Waals surface area (Å²) in [6.07, 6.45) is 8.96. The Morgan fingerprint density at radius 1 is 1.13 bits per heavy atom. The summed E-state index contributed by atoms with van der Waals surface area (Å²) >= 11 is 0. The monoisotopic (exact) mass is 316 g/mol. The Morgan fingerprint density at radius 3 is 2.57 bits per heavy atom. The molecule has 0 spiro atoms. The lowest BCUT2D eigenvalue weighted by atomic mass is 9.85. The largest absolute Gasteiger partial charge is 0.325 e. The van der Waals surface area contributed by atoms with Gasteiger partial charge in [0.1, 0.15) is 5.82 Å². The van der Waals surface area contributed by atoms with E-state index in [2.05, 4.69) is 10.3 Å². The van der Waals surface area contributed by atoms with Gasteiger partial charge in [0.05, 0.1) is 17.9 Å². The van der Waals surface area contributed by atoms with Crippen LogP contribution in [0.5, 0.6) is 0 Å². The number of nitrogens with zero attached hydrogens (tertiary/aromatic N) is 3. The average Bonchev–Trinajstić information content (AvgIpc) is 2.98. The zero-order chi connectivity index (χ0) is 16.1. The van der Waals surface area contributed by atoms with Crippen LogP contribution in [-0.2, 0) is 19.5 Å². The maximum absolute atomic E-state index is 13.0. The minimum absolute atomic E-state index is 0.215. The Kier molecular flexibility index (Phi) is 5.39. The first-order valence-electron chi connectivity index (χ1n) is 8.62. The summed E-state index contributed by atoms with van der Waals surface area (Å²) in [5.74, 6) is 0.607. The minimum Gasteiger partial charge on any atom is -0.325 e. The summed E-state index contributed by atoms with van der Waals surface area (Å²) in [5.41, 5.74) is 8.88. The van der Waals surface area contributed by atoms with Crippen LogP contribution in [0.1, 0.15) is 55.5 Å². The van der Waals surface area contributed by atoms with Crippen molar-refractivity contribution in [3.8, 4) is 0 Å². The molecule has 1 fully saturated rings. The maximum Gasteiger partial charge on any atom is 0.123 e. The molecule has 0 bridgehead atoms. The summed E-state index contributed by atoms with van der Waals surface area (Å²) in [7, 11) is 0. The molecule has 0 saturated heterocycles. The normalized spacial score (nSPS) is 15.9. The highest BCUT2D eigenvalue weighted by molar-refractivity contribution is 5.18. The molecule has 0 aliphatic heterocycles. The number of benzene rings is 1. The van der Waals surface area contributed by atoms with Gasteiger partial charge in [-0.3, -0.25) is 0 Å². The van der Waals surface area contributed by atoms with E-state index in [0.717, 1.165) is 29.3 Å². The first-order chi connectivity index (χ1) is 11.3. The Morgan fingerprint density at radius 2 is 1.87 bits per heavy atom. The van der Waals surface area contributed by atoms with Crippen LogP contribution >= 0.6 is 0 Å². The van der Waals surface area contributed by atoms with Crippen LogP contribution in [0, 0.1) is 11.7 Å². The molecule has 4 nitrogen and oxygen atoms in total. The van der Waals surface area contributed by atoms with Crippen LogP contribution in [0.15, 0.2) is 24.3 Å². The van der Waals surface area contributed by atoms with Gasteiger partial charge in [0.25, 0.3) is 0 Å². The van der Waals surface area contributed by atoms with Gasteiger partial charge >= 0.3 is 0 Å². The highest BCUT2D eigenvalue weighted by Gasteiger charge is 2.17. The van der Waals surface area contributed by atoms with Crippen LogP contribution in [0.3, 0.4) is 0 Å². The lowest BCUT2D eigenvalue weighted by Gasteiger charge is -2.21. The van der Waals surface area contributed by atoms with Crippen LogP contribution in [0.25, 0.3) is 0 Å². The van der Waals surface area contributed by atoms with Crippen molar-refractivity contribution in [3.63, 3.8) is 0 Å². The molecule has 23 heavy (non-hydrogen) atoms. The molecule has 5 heteroatoms. The number of hydrogen-bond acceptors (Lipinski definition) is 3. The van der Waals surface area contributed by atoms with E-state index in [0.29, 0.717) is 13.1 Å². The molecule has 1 aromatic carbocycles. The van der Waals surface area contributed by atoms with Gasteiger partial charge < -0.3 is 5.73 Å². The summed E-state index contributed by atoms with van der Waals surface area (Å²) in [5, 5.41) is 8.49. The smallest absolute Gasteiger partial charge is 0.123 e. The van der Waals surface area contributed by atoms with Crippen LogP contribution in [-0.4, -0.2) is 15.0 Å². The third kappa shape index (κ3) is 4.16. The zero-order valence-corrected chi connectivity index (χ0v) is 13.5. The molecular weight excluding hydrogens is 291 g/mol. The average molecular weight is 316 g/mol. The van der Waals surface area contributed by atoms with Crippen molar-refractivity contribution in [2.24, 2.45) is 11.7 Å².